The van der Waals surface area contributed by atoms with Crippen molar-refractivity contribution in [2.24, 2.45) is 0 Å². The molecular formula is C14H14BrN5O. The summed E-state index contributed by atoms with van der Waals surface area (Å²) in [4.78, 5) is 8.51. The first-order chi connectivity index (χ1) is 10.1. The lowest BCUT2D eigenvalue weighted by Crippen LogP contribution is -2.16. The van der Waals surface area contributed by atoms with Crippen molar-refractivity contribution >= 4 is 32.8 Å². The number of rotatable bonds is 4. The number of nitrogens with zero attached hydrogens (tertiary/aromatic N) is 4. The zero-order chi connectivity index (χ0) is 14.8. The topological polar surface area (TPSA) is 75.9 Å². The van der Waals surface area contributed by atoms with Crippen LogP contribution in [-0.2, 0) is 0 Å². The first-order valence-corrected chi connectivity index (χ1v) is 7.31. The lowest BCUT2D eigenvalue weighted by atomic mass is 10.3. The van der Waals surface area contributed by atoms with Crippen molar-refractivity contribution < 1.29 is 5.11 Å². The summed E-state index contributed by atoms with van der Waals surface area (Å²) in [6.45, 7) is 2.14. The standard InChI is InChI=1S/C14H14BrN5O/c1-9(21)6-16-13-12-7-19-20(14(12)18-8-17-13)11-4-2-3-10(15)5-11/h2-5,7-9,21H,6H2,1H3,(H,16,17,18). The van der Waals surface area contributed by atoms with E-state index in [0.717, 1.165) is 21.2 Å². The predicted octanol–water partition coefficient (Wildman–Crippen LogP) is 2.37. The predicted molar refractivity (Wildman–Crippen MR) is 84.5 cm³/mol. The Kier molecular flexibility index (Phi) is 3.85. The van der Waals surface area contributed by atoms with Crippen molar-refractivity contribution in [3.05, 3.63) is 41.3 Å². The molecule has 2 aromatic heterocycles. The van der Waals surface area contributed by atoms with Gasteiger partial charge in [-0.05, 0) is 25.1 Å². The van der Waals surface area contributed by atoms with Crippen LogP contribution in [0.25, 0.3) is 16.7 Å². The molecule has 6 nitrogen and oxygen atoms in total. The third-order valence-corrected chi connectivity index (χ3v) is 3.48. The van der Waals surface area contributed by atoms with E-state index in [0.29, 0.717) is 12.4 Å². The Labute approximate surface area is 130 Å². The van der Waals surface area contributed by atoms with E-state index in [-0.39, 0.29) is 0 Å². The molecule has 1 aromatic carbocycles. The van der Waals surface area contributed by atoms with Gasteiger partial charge in [0, 0.05) is 11.0 Å². The SMILES string of the molecule is CC(O)CNc1ncnc2c1cnn2-c1cccc(Br)c1. The average Bonchev–Trinajstić information content (AvgIpc) is 2.89. The van der Waals surface area contributed by atoms with Gasteiger partial charge in [0.05, 0.1) is 23.4 Å². The van der Waals surface area contributed by atoms with E-state index in [1.165, 1.54) is 6.33 Å². The third kappa shape index (κ3) is 2.88. The van der Waals surface area contributed by atoms with Crippen LogP contribution < -0.4 is 5.32 Å². The number of aliphatic hydroxyl groups is 1. The molecule has 1 atom stereocenters. The third-order valence-electron chi connectivity index (χ3n) is 2.98. The van der Waals surface area contributed by atoms with Gasteiger partial charge in [0.1, 0.15) is 12.1 Å². The molecule has 0 aliphatic heterocycles. The lowest BCUT2D eigenvalue weighted by molar-refractivity contribution is 0.208. The van der Waals surface area contributed by atoms with Crippen LogP contribution in [0.3, 0.4) is 0 Å². The molecule has 2 N–H and O–H groups in total. The van der Waals surface area contributed by atoms with Crippen LogP contribution in [0.15, 0.2) is 41.3 Å². The Bertz CT molecular complexity index is 771. The second-order valence-electron chi connectivity index (χ2n) is 4.73. The summed E-state index contributed by atoms with van der Waals surface area (Å²) in [6, 6.07) is 7.83. The fraction of sp³-hybridized carbons (Fsp3) is 0.214. The molecule has 0 amide bonds. The van der Waals surface area contributed by atoms with Crippen LogP contribution in [0.5, 0.6) is 0 Å². The Morgan fingerprint density at radius 3 is 3.00 bits per heavy atom. The zero-order valence-electron chi connectivity index (χ0n) is 11.4. The van der Waals surface area contributed by atoms with Gasteiger partial charge in [-0.2, -0.15) is 5.10 Å². The minimum Gasteiger partial charge on any atom is -0.392 e. The Morgan fingerprint density at radius 1 is 1.38 bits per heavy atom. The van der Waals surface area contributed by atoms with Gasteiger partial charge in [0.15, 0.2) is 5.65 Å². The van der Waals surface area contributed by atoms with Crippen LogP contribution in [0.1, 0.15) is 6.92 Å². The maximum Gasteiger partial charge on any atom is 0.168 e. The number of fused-ring (bicyclic) bond motifs is 1. The first-order valence-electron chi connectivity index (χ1n) is 6.52. The number of benzene rings is 1. The van der Waals surface area contributed by atoms with Crippen molar-refractivity contribution in [1.82, 2.24) is 19.7 Å². The summed E-state index contributed by atoms with van der Waals surface area (Å²) in [5.74, 6) is 0.669. The zero-order valence-corrected chi connectivity index (χ0v) is 12.9. The van der Waals surface area contributed by atoms with Gasteiger partial charge in [-0.3, -0.25) is 0 Å². The van der Waals surface area contributed by atoms with Crippen molar-refractivity contribution in [3.8, 4) is 5.69 Å². The summed E-state index contributed by atoms with van der Waals surface area (Å²) in [5.41, 5.74) is 1.63. The maximum atomic E-state index is 9.37. The number of halogens is 1. The molecule has 3 rings (SSSR count). The minimum atomic E-state index is -0.449. The molecule has 3 aromatic rings. The van der Waals surface area contributed by atoms with Crippen molar-refractivity contribution in [2.75, 3.05) is 11.9 Å². The lowest BCUT2D eigenvalue weighted by Gasteiger charge is -2.08. The highest BCUT2D eigenvalue weighted by Gasteiger charge is 2.11. The summed E-state index contributed by atoms with van der Waals surface area (Å²) in [5, 5.41) is 17.7. The number of aliphatic hydroxyl groups excluding tert-OH is 1. The quantitative estimate of drug-likeness (QED) is 0.757. The van der Waals surface area contributed by atoms with Gasteiger partial charge in [0.25, 0.3) is 0 Å². The first kappa shape index (κ1) is 14.0. The van der Waals surface area contributed by atoms with Crippen LogP contribution >= 0.6 is 15.9 Å². The summed E-state index contributed by atoms with van der Waals surface area (Å²) in [6.07, 6.45) is 2.76. The highest BCUT2D eigenvalue weighted by molar-refractivity contribution is 9.10. The fourth-order valence-corrected chi connectivity index (χ4v) is 2.41. The van der Waals surface area contributed by atoms with Crippen molar-refractivity contribution in [2.45, 2.75) is 13.0 Å². The molecule has 0 spiro atoms. The Balaban J connectivity index is 2.05. The van der Waals surface area contributed by atoms with E-state index in [9.17, 15) is 5.11 Å². The van der Waals surface area contributed by atoms with E-state index in [2.05, 4.69) is 36.3 Å². The van der Waals surface area contributed by atoms with Crippen LogP contribution in [-0.4, -0.2) is 37.5 Å². The average molecular weight is 348 g/mol. The van der Waals surface area contributed by atoms with Gasteiger partial charge in [-0.25, -0.2) is 14.6 Å². The Morgan fingerprint density at radius 2 is 2.24 bits per heavy atom. The number of aromatic nitrogens is 4. The molecule has 0 aliphatic rings. The second kappa shape index (κ2) is 5.79. The van der Waals surface area contributed by atoms with Gasteiger partial charge in [-0.15, -0.1) is 0 Å². The maximum absolute atomic E-state index is 9.37. The number of hydrogen-bond donors (Lipinski definition) is 2. The Hall–Kier alpha value is -1.99. The number of hydrogen-bond acceptors (Lipinski definition) is 5. The van der Waals surface area contributed by atoms with E-state index >= 15 is 0 Å². The molecule has 0 radical (unpaired) electrons. The summed E-state index contributed by atoms with van der Waals surface area (Å²) >= 11 is 3.45. The summed E-state index contributed by atoms with van der Waals surface area (Å²) < 4.78 is 2.74. The molecule has 7 heteroatoms. The van der Waals surface area contributed by atoms with Crippen molar-refractivity contribution in [1.29, 1.82) is 0 Å². The molecule has 21 heavy (non-hydrogen) atoms. The fourth-order valence-electron chi connectivity index (χ4n) is 2.03. The minimum absolute atomic E-state index is 0.425. The molecule has 108 valence electrons. The normalized spacial score (nSPS) is 12.5. The molecule has 1 unspecified atom stereocenters. The van der Waals surface area contributed by atoms with Crippen LogP contribution in [0.2, 0.25) is 0 Å². The van der Waals surface area contributed by atoms with Crippen LogP contribution in [0, 0.1) is 0 Å². The largest absolute Gasteiger partial charge is 0.392 e. The van der Waals surface area contributed by atoms with E-state index in [1.54, 1.807) is 17.8 Å². The summed E-state index contributed by atoms with van der Waals surface area (Å²) in [7, 11) is 0. The molecular weight excluding hydrogens is 334 g/mol. The molecule has 0 bridgehead atoms. The van der Waals surface area contributed by atoms with Gasteiger partial charge in [-0.1, -0.05) is 22.0 Å². The number of nitrogens with one attached hydrogen (secondary N) is 1. The highest BCUT2D eigenvalue weighted by atomic mass is 79.9. The van der Waals surface area contributed by atoms with Gasteiger partial charge < -0.3 is 10.4 Å². The molecule has 0 saturated carbocycles. The highest BCUT2D eigenvalue weighted by Crippen LogP contribution is 2.23. The van der Waals surface area contributed by atoms with Crippen LogP contribution in [0.4, 0.5) is 5.82 Å². The molecule has 0 aliphatic carbocycles. The van der Waals surface area contributed by atoms with E-state index in [1.807, 2.05) is 24.3 Å². The van der Waals surface area contributed by atoms with Gasteiger partial charge >= 0.3 is 0 Å². The number of anilines is 1. The van der Waals surface area contributed by atoms with Gasteiger partial charge in [0.2, 0.25) is 0 Å². The monoisotopic (exact) mass is 347 g/mol. The van der Waals surface area contributed by atoms with E-state index < -0.39 is 6.10 Å². The molecule has 2 heterocycles. The molecule has 0 saturated heterocycles. The second-order valence-corrected chi connectivity index (χ2v) is 5.64. The molecule has 0 fully saturated rings. The van der Waals surface area contributed by atoms with Crippen molar-refractivity contribution in [3.63, 3.8) is 0 Å². The van der Waals surface area contributed by atoms with E-state index in [4.69, 9.17) is 0 Å². The smallest absolute Gasteiger partial charge is 0.168 e.